The van der Waals surface area contributed by atoms with E-state index in [1.165, 1.54) is 0 Å². The second kappa shape index (κ2) is 6.50. The van der Waals surface area contributed by atoms with Crippen LogP contribution in [-0.2, 0) is 4.79 Å². The fourth-order valence-electron chi connectivity index (χ4n) is 2.49. The minimum absolute atomic E-state index is 0.101. The van der Waals surface area contributed by atoms with Crippen LogP contribution in [0.5, 0.6) is 0 Å². The summed E-state index contributed by atoms with van der Waals surface area (Å²) in [6.45, 7) is 2.24. The van der Waals surface area contributed by atoms with E-state index in [4.69, 9.17) is 5.73 Å². The maximum Gasteiger partial charge on any atom is 0.244 e. The first-order valence-electron chi connectivity index (χ1n) is 6.60. The first-order chi connectivity index (χ1) is 9.13. The number of amides is 1. The van der Waals surface area contributed by atoms with E-state index < -0.39 is 0 Å². The van der Waals surface area contributed by atoms with Crippen LogP contribution >= 0.6 is 15.9 Å². The number of nitrogens with two attached hydrogens (primary N) is 1. The molecule has 1 unspecified atom stereocenters. The molecule has 0 radical (unpaired) electrons. The van der Waals surface area contributed by atoms with Crippen molar-refractivity contribution in [3.05, 3.63) is 28.7 Å². The minimum atomic E-state index is -0.101. The Bertz CT molecular complexity index is 435. The van der Waals surface area contributed by atoms with Gasteiger partial charge in [0.1, 0.15) is 0 Å². The molecule has 1 aromatic carbocycles. The van der Waals surface area contributed by atoms with Crippen molar-refractivity contribution in [2.75, 3.05) is 31.6 Å². The highest BCUT2D eigenvalue weighted by atomic mass is 79.9. The molecule has 0 bridgehead atoms. The van der Waals surface area contributed by atoms with E-state index in [1.54, 1.807) is 0 Å². The molecule has 4 nitrogen and oxygen atoms in total. The Labute approximate surface area is 122 Å². The molecule has 1 amide bonds. The normalized spacial score (nSPS) is 21.5. The van der Waals surface area contributed by atoms with Gasteiger partial charge in [-0.1, -0.05) is 15.9 Å². The van der Waals surface area contributed by atoms with Crippen LogP contribution in [0.15, 0.2) is 28.7 Å². The van der Waals surface area contributed by atoms with Gasteiger partial charge in [0.2, 0.25) is 5.91 Å². The molecule has 104 valence electrons. The Kier molecular flexibility index (Phi) is 4.96. The summed E-state index contributed by atoms with van der Waals surface area (Å²) in [7, 11) is 2.00. The molecular formula is C14H20BrN3O. The molecule has 2 rings (SSSR count). The van der Waals surface area contributed by atoms with Gasteiger partial charge in [0.05, 0.1) is 6.04 Å². The standard InChI is InChI=1S/C14H20BrN3O/c1-17-9-2-10-18(14(19)13(17)7-8-16)12-5-3-11(15)4-6-12/h3-6,13H,2,7-10,16H2,1H3. The van der Waals surface area contributed by atoms with Gasteiger partial charge in [-0.15, -0.1) is 0 Å². The number of nitrogens with zero attached hydrogens (tertiary/aromatic N) is 2. The molecule has 19 heavy (non-hydrogen) atoms. The van der Waals surface area contributed by atoms with Crippen LogP contribution in [0.2, 0.25) is 0 Å². The third kappa shape index (κ3) is 3.35. The van der Waals surface area contributed by atoms with Crippen LogP contribution in [0, 0.1) is 0 Å². The first-order valence-corrected chi connectivity index (χ1v) is 7.40. The molecule has 1 aliphatic rings. The van der Waals surface area contributed by atoms with E-state index >= 15 is 0 Å². The molecular weight excluding hydrogens is 306 g/mol. The average molecular weight is 326 g/mol. The molecule has 0 aromatic heterocycles. The van der Waals surface area contributed by atoms with Gasteiger partial charge in [0, 0.05) is 23.2 Å². The average Bonchev–Trinajstić information content (AvgIpc) is 2.53. The van der Waals surface area contributed by atoms with E-state index in [9.17, 15) is 4.79 Å². The number of carbonyl (C=O) groups excluding carboxylic acids is 1. The summed E-state index contributed by atoms with van der Waals surface area (Å²) >= 11 is 3.42. The summed E-state index contributed by atoms with van der Waals surface area (Å²) in [5.41, 5.74) is 6.60. The molecule has 0 spiro atoms. The Morgan fingerprint density at radius 2 is 2.00 bits per heavy atom. The highest BCUT2D eigenvalue weighted by molar-refractivity contribution is 9.10. The number of rotatable bonds is 3. The monoisotopic (exact) mass is 325 g/mol. The van der Waals surface area contributed by atoms with Gasteiger partial charge in [-0.2, -0.15) is 0 Å². The Morgan fingerprint density at radius 1 is 1.32 bits per heavy atom. The zero-order chi connectivity index (χ0) is 13.8. The van der Waals surface area contributed by atoms with Crippen LogP contribution in [-0.4, -0.2) is 43.5 Å². The molecule has 1 fully saturated rings. The third-order valence-electron chi connectivity index (χ3n) is 3.55. The largest absolute Gasteiger partial charge is 0.330 e. The quantitative estimate of drug-likeness (QED) is 0.922. The van der Waals surface area contributed by atoms with Crippen LogP contribution in [0.4, 0.5) is 5.69 Å². The topological polar surface area (TPSA) is 49.6 Å². The molecule has 1 aromatic rings. The predicted octanol–water partition coefficient (Wildman–Crippen LogP) is 1.83. The molecule has 5 heteroatoms. The van der Waals surface area contributed by atoms with Crippen LogP contribution in [0.25, 0.3) is 0 Å². The highest BCUT2D eigenvalue weighted by Gasteiger charge is 2.30. The number of likely N-dealkylation sites (N-methyl/N-ethyl adjacent to an activating group) is 1. The Hall–Kier alpha value is -0.910. The summed E-state index contributed by atoms with van der Waals surface area (Å²) < 4.78 is 1.02. The van der Waals surface area contributed by atoms with Crippen molar-refractivity contribution in [1.29, 1.82) is 0 Å². The molecule has 2 N–H and O–H groups in total. The molecule has 1 atom stereocenters. The van der Waals surface area contributed by atoms with Crippen LogP contribution in [0.1, 0.15) is 12.8 Å². The minimum Gasteiger partial charge on any atom is -0.330 e. The van der Waals surface area contributed by atoms with Gasteiger partial charge in [-0.05, 0) is 50.7 Å². The summed E-state index contributed by atoms with van der Waals surface area (Å²) in [5, 5.41) is 0. The van der Waals surface area contributed by atoms with Crippen molar-refractivity contribution in [3.63, 3.8) is 0 Å². The van der Waals surface area contributed by atoms with E-state index in [-0.39, 0.29) is 11.9 Å². The van der Waals surface area contributed by atoms with E-state index in [1.807, 2.05) is 36.2 Å². The number of hydrogen-bond acceptors (Lipinski definition) is 3. The van der Waals surface area contributed by atoms with Crippen molar-refractivity contribution in [1.82, 2.24) is 4.90 Å². The van der Waals surface area contributed by atoms with Crippen LogP contribution in [0.3, 0.4) is 0 Å². The summed E-state index contributed by atoms with van der Waals surface area (Å²) in [6.07, 6.45) is 1.70. The smallest absolute Gasteiger partial charge is 0.244 e. The molecule has 0 aliphatic carbocycles. The van der Waals surface area contributed by atoms with Gasteiger partial charge in [0.25, 0.3) is 0 Å². The Morgan fingerprint density at radius 3 is 2.63 bits per heavy atom. The lowest BCUT2D eigenvalue weighted by Crippen LogP contribution is -2.45. The van der Waals surface area contributed by atoms with Gasteiger partial charge in [0.15, 0.2) is 0 Å². The molecule has 1 saturated heterocycles. The summed E-state index contributed by atoms with van der Waals surface area (Å²) in [5.74, 6) is 0.160. The predicted molar refractivity (Wildman–Crippen MR) is 81.2 cm³/mol. The number of anilines is 1. The van der Waals surface area contributed by atoms with Gasteiger partial charge >= 0.3 is 0 Å². The lowest BCUT2D eigenvalue weighted by Gasteiger charge is -2.27. The fraction of sp³-hybridized carbons (Fsp3) is 0.500. The summed E-state index contributed by atoms with van der Waals surface area (Å²) in [6, 6.07) is 7.79. The highest BCUT2D eigenvalue weighted by Crippen LogP contribution is 2.22. The van der Waals surface area contributed by atoms with E-state index in [0.29, 0.717) is 13.0 Å². The second-order valence-electron chi connectivity index (χ2n) is 4.89. The number of halogens is 1. The van der Waals surface area contributed by atoms with E-state index in [0.717, 1.165) is 29.7 Å². The molecule has 0 saturated carbocycles. The van der Waals surface area contributed by atoms with Gasteiger partial charge < -0.3 is 10.6 Å². The van der Waals surface area contributed by atoms with Crippen LogP contribution < -0.4 is 10.6 Å². The zero-order valence-corrected chi connectivity index (χ0v) is 12.8. The van der Waals surface area contributed by atoms with Gasteiger partial charge in [-0.3, -0.25) is 9.69 Å². The van der Waals surface area contributed by atoms with Crippen molar-refractivity contribution in [2.45, 2.75) is 18.9 Å². The third-order valence-corrected chi connectivity index (χ3v) is 4.08. The number of carbonyl (C=O) groups is 1. The zero-order valence-electron chi connectivity index (χ0n) is 11.2. The van der Waals surface area contributed by atoms with Crippen molar-refractivity contribution in [3.8, 4) is 0 Å². The van der Waals surface area contributed by atoms with Crippen molar-refractivity contribution in [2.24, 2.45) is 5.73 Å². The summed E-state index contributed by atoms with van der Waals surface area (Å²) in [4.78, 5) is 16.7. The number of hydrogen-bond donors (Lipinski definition) is 1. The molecule has 1 heterocycles. The fourth-order valence-corrected chi connectivity index (χ4v) is 2.76. The second-order valence-corrected chi connectivity index (χ2v) is 5.81. The Balaban J connectivity index is 2.24. The van der Waals surface area contributed by atoms with Crippen molar-refractivity contribution < 1.29 is 4.79 Å². The number of benzene rings is 1. The lowest BCUT2D eigenvalue weighted by molar-refractivity contribution is -0.122. The lowest BCUT2D eigenvalue weighted by atomic mass is 10.1. The first kappa shape index (κ1) is 14.5. The maximum absolute atomic E-state index is 12.6. The maximum atomic E-state index is 12.6. The van der Waals surface area contributed by atoms with E-state index in [2.05, 4.69) is 20.8 Å². The molecule has 1 aliphatic heterocycles. The van der Waals surface area contributed by atoms with Gasteiger partial charge in [-0.25, -0.2) is 0 Å². The van der Waals surface area contributed by atoms with Crippen molar-refractivity contribution >= 4 is 27.5 Å². The SMILES string of the molecule is CN1CCCN(c2ccc(Br)cc2)C(=O)C1CCN.